The second kappa shape index (κ2) is 6.71. The van der Waals surface area contributed by atoms with Crippen LogP contribution in [0.1, 0.15) is 43.1 Å². The number of carbonyl (C=O) groups excluding carboxylic acids is 1. The van der Waals surface area contributed by atoms with Gasteiger partial charge in [-0.3, -0.25) is 0 Å². The Balaban J connectivity index is 1.99. The maximum absolute atomic E-state index is 12.7. The normalized spacial score (nSPS) is 24.7. The average molecular weight is 376 g/mol. The number of hydrogen-bond donors (Lipinski definition) is 1. The zero-order chi connectivity index (χ0) is 20.0. The number of likely N-dealkylation sites (tertiary alicyclic amines) is 1. The number of fused-ring (bicyclic) bond motifs is 2. The maximum Gasteiger partial charge on any atom is 0.410 e. The van der Waals surface area contributed by atoms with E-state index in [-0.39, 0.29) is 23.1 Å². The number of carboxylic acids is 1. The number of likely N-dealkylation sites (N-methyl/N-ethyl adjacent to an activating group) is 1. The van der Waals surface area contributed by atoms with Crippen LogP contribution in [0.4, 0.5) is 4.79 Å². The Bertz CT molecular complexity index is 755. The fourth-order valence-corrected chi connectivity index (χ4v) is 4.19. The Kier molecular flexibility index (Phi) is 4.84. The molecule has 1 fully saturated rings. The van der Waals surface area contributed by atoms with Crippen molar-refractivity contribution in [3.05, 3.63) is 29.3 Å². The summed E-state index contributed by atoms with van der Waals surface area (Å²) in [5.74, 6) is -0.383. The molecule has 3 rings (SSSR count). The average Bonchev–Trinajstić information content (AvgIpc) is 2.93. The lowest BCUT2D eigenvalue weighted by molar-refractivity contribution is 0.0276. The molecule has 1 amide bonds. The summed E-state index contributed by atoms with van der Waals surface area (Å²) in [6, 6.07) is 5.12. The molecule has 1 spiro atoms. The first-order valence-corrected chi connectivity index (χ1v) is 9.18. The Morgan fingerprint density at radius 1 is 1.33 bits per heavy atom. The number of amides is 1. The number of rotatable bonds is 2. The fraction of sp³-hybridized carbons (Fsp3) is 0.600. The van der Waals surface area contributed by atoms with Crippen molar-refractivity contribution in [3.8, 4) is 5.75 Å². The zero-order valence-electron chi connectivity index (χ0n) is 16.6. The molecule has 2 heterocycles. The van der Waals surface area contributed by atoms with Gasteiger partial charge in [0.15, 0.2) is 0 Å². The van der Waals surface area contributed by atoms with Gasteiger partial charge in [0.05, 0.1) is 12.2 Å². The van der Waals surface area contributed by atoms with E-state index in [1.165, 1.54) is 0 Å². The number of hydrogen-bond acceptors (Lipinski definition) is 5. The van der Waals surface area contributed by atoms with Crippen molar-refractivity contribution in [3.63, 3.8) is 0 Å². The van der Waals surface area contributed by atoms with Crippen molar-refractivity contribution >= 4 is 12.1 Å². The summed E-state index contributed by atoms with van der Waals surface area (Å²) < 4.78 is 11.4. The quantitative estimate of drug-likeness (QED) is 0.855. The lowest BCUT2D eigenvalue weighted by Gasteiger charge is -2.42. The number of nitrogens with zero attached hydrogens (tertiary/aromatic N) is 2. The van der Waals surface area contributed by atoms with Gasteiger partial charge in [0.2, 0.25) is 0 Å². The molecule has 27 heavy (non-hydrogen) atoms. The van der Waals surface area contributed by atoms with Crippen LogP contribution in [0.3, 0.4) is 0 Å². The highest BCUT2D eigenvalue weighted by Crippen LogP contribution is 2.47. The van der Waals surface area contributed by atoms with Gasteiger partial charge < -0.3 is 24.4 Å². The fourth-order valence-electron chi connectivity index (χ4n) is 4.19. The van der Waals surface area contributed by atoms with Gasteiger partial charge in [-0.05, 0) is 53.4 Å². The zero-order valence-corrected chi connectivity index (χ0v) is 16.6. The van der Waals surface area contributed by atoms with Gasteiger partial charge in [-0.2, -0.15) is 0 Å². The first-order chi connectivity index (χ1) is 12.5. The molecule has 0 saturated carbocycles. The molecular formula is C20H28N2O5. The Morgan fingerprint density at radius 3 is 2.63 bits per heavy atom. The second-order valence-corrected chi connectivity index (χ2v) is 8.61. The summed E-state index contributed by atoms with van der Waals surface area (Å²) in [6.45, 7) is 7.14. The van der Waals surface area contributed by atoms with Crippen LogP contribution in [0.5, 0.6) is 5.75 Å². The molecule has 0 radical (unpaired) electrons. The van der Waals surface area contributed by atoms with Crippen LogP contribution in [-0.2, 0) is 10.2 Å². The van der Waals surface area contributed by atoms with Gasteiger partial charge in [-0.15, -0.1) is 0 Å². The molecule has 2 aliphatic rings. The molecular weight excluding hydrogens is 348 g/mol. The number of benzene rings is 1. The minimum Gasteiger partial charge on any atom is -0.493 e. The monoisotopic (exact) mass is 376 g/mol. The second-order valence-electron chi connectivity index (χ2n) is 8.61. The molecule has 7 nitrogen and oxygen atoms in total. The van der Waals surface area contributed by atoms with Gasteiger partial charge in [-0.1, -0.05) is 6.07 Å². The van der Waals surface area contributed by atoms with Crippen molar-refractivity contribution in [1.29, 1.82) is 0 Å². The summed E-state index contributed by atoms with van der Waals surface area (Å²) in [4.78, 5) is 27.9. The number of carbonyl (C=O) groups is 2. The first kappa shape index (κ1) is 19.5. The Labute approximate surface area is 159 Å². The van der Waals surface area contributed by atoms with Gasteiger partial charge >= 0.3 is 12.1 Å². The predicted molar refractivity (Wildman–Crippen MR) is 100 cm³/mol. The van der Waals surface area contributed by atoms with E-state index in [4.69, 9.17) is 9.47 Å². The third-order valence-corrected chi connectivity index (χ3v) is 5.35. The number of carboxylic acid groups (broad SMARTS) is 1. The van der Waals surface area contributed by atoms with Crippen LogP contribution < -0.4 is 4.74 Å². The Morgan fingerprint density at radius 2 is 2.04 bits per heavy atom. The lowest BCUT2D eigenvalue weighted by Crippen LogP contribution is -2.49. The highest BCUT2D eigenvalue weighted by molar-refractivity contribution is 5.88. The Hall–Kier alpha value is -2.28. The van der Waals surface area contributed by atoms with Crippen LogP contribution in [0, 0.1) is 0 Å². The van der Waals surface area contributed by atoms with Crippen LogP contribution in [0.15, 0.2) is 18.2 Å². The van der Waals surface area contributed by atoms with E-state index in [0.717, 1.165) is 12.0 Å². The van der Waals surface area contributed by atoms with E-state index in [0.29, 0.717) is 25.4 Å². The van der Waals surface area contributed by atoms with Crippen LogP contribution in [-0.4, -0.2) is 72.4 Å². The molecule has 1 N–H and O–H groups in total. The molecule has 0 bridgehead atoms. The smallest absolute Gasteiger partial charge is 0.410 e. The third kappa shape index (κ3) is 3.60. The van der Waals surface area contributed by atoms with Crippen molar-refractivity contribution in [1.82, 2.24) is 9.80 Å². The van der Waals surface area contributed by atoms with E-state index in [9.17, 15) is 14.7 Å². The van der Waals surface area contributed by atoms with Gasteiger partial charge in [0, 0.05) is 30.1 Å². The van der Waals surface area contributed by atoms with Crippen LogP contribution in [0.2, 0.25) is 0 Å². The van der Waals surface area contributed by atoms with E-state index >= 15 is 0 Å². The van der Waals surface area contributed by atoms with Crippen molar-refractivity contribution < 1.29 is 24.2 Å². The van der Waals surface area contributed by atoms with Crippen molar-refractivity contribution in [2.45, 2.75) is 44.2 Å². The topological polar surface area (TPSA) is 79.3 Å². The van der Waals surface area contributed by atoms with Crippen LogP contribution >= 0.6 is 0 Å². The van der Waals surface area contributed by atoms with E-state index in [1.54, 1.807) is 17.0 Å². The van der Waals surface area contributed by atoms with Crippen molar-refractivity contribution in [2.24, 2.45) is 0 Å². The molecule has 2 atom stereocenters. The first-order valence-electron chi connectivity index (χ1n) is 9.18. The molecule has 1 aromatic carbocycles. The molecule has 0 aliphatic carbocycles. The minimum absolute atomic E-state index is 0.0864. The molecule has 7 heteroatoms. The summed E-state index contributed by atoms with van der Waals surface area (Å²) in [5.41, 5.74) is 0.299. The molecule has 1 aromatic rings. The molecule has 1 saturated heterocycles. The highest BCUT2D eigenvalue weighted by atomic mass is 16.6. The summed E-state index contributed by atoms with van der Waals surface area (Å²) in [5, 5.41) is 9.27. The van der Waals surface area contributed by atoms with Gasteiger partial charge in [0.25, 0.3) is 0 Å². The number of ether oxygens (including phenoxy) is 2. The van der Waals surface area contributed by atoms with Crippen molar-refractivity contribution in [2.75, 3.05) is 33.8 Å². The van der Waals surface area contributed by atoms with Gasteiger partial charge in [-0.25, -0.2) is 9.59 Å². The largest absolute Gasteiger partial charge is 0.493 e. The third-order valence-electron chi connectivity index (χ3n) is 5.35. The van der Waals surface area contributed by atoms with E-state index in [2.05, 4.69) is 4.90 Å². The molecule has 2 aliphatic heterocycles. The molecule has 0 aromatic heterocycles. The van der Waals surface area contributed by atoms with E-state index < -0.39 is 11.6 Å². The van der Waals surface area contributed by atoms with E-state index in [1.807, 2.05) is 40.9 Å². The summed E-state index contributed by atoms with van der Waals surface area (Å²) in [7, 11) is 4.01. The molecule has 2 unspecified atom stereocenters. The predicted octanol–water partition coefficient (Wildman–Crippen LogP) is 2.59. The molecule has 148 valence electrons. The number of aromatic carboxylic acids is 1. The lowest BCUT2D eigenvalue weighted by atomic mass is 9.71. The minimum atomic E-state index is -0.980. The van der Waals surface area contributed by atoms with Gasteiger partial charge in [0.1, 0.15) is 11.4 Å². The SMILES string of the molecule is CN(C)C1CN(C(=O)OC(C)(C)C)CC12CCOc1cc(C(=O)O)ccc12. The highest BCUT2D eigenvalue weighted by Gasteiger charge is 2.53. The summed E-state index contributed by atoms with van der Waals surface area (Å²) in [6.07, 6.45) is 0.440. The van der Waals surface area contributed by atoms with Crippen LogP contribution in [0.25, 0.3) is 0 Å². The standard InChI is InChI=1S/C20H28N2O5/c1-19(2,3)27-18(25)22-11-16(21(4)5)20(12-22)8-9-26-15-10-13(17(23)24)6-7-14(15)20/h6-7,10,16H,8-9,11-12H2,1-5H3,(H,23,24). The maximum atomic E-state index is 12.7. The summed E-state index contributed by atoms with van der Waals surface area (Å²) >= 11 is 0.